The highest BCUT2D eigenvalue weighted by Crippen LogP contribution is 2.30. The number of nitrogens with zero attached hydrogens (tertiary/aromatic N) is 4. The van der Waals surface area contributed by atoms with Crippen molar-refractivity contribution in [3.8, 4) is 0 Å². The van der Waals surface area contributed by atoms with Crippen LogP contribution in [-0.4, -0.2) is 30.1 Å². The molecule has 2 rings (SSSR count). The molecule has 0 aromatic rings. The molecule has 0 bridgehead atoms. The van der Waals surface area contributed by atoms with Gasteiger partial charge in [0.05, 0.1) is 6.04 Å². The fourth-order valence-corrected chi connectivity index (χ4v) is 2.67. The lowest BCUT2D eigenvalue weighted by molar-refractivity contribution is 0.0595. The summed E-state index contributed by atoms with van der Waals surface area (Å²) in [6.07, 6.45) is 5.44. The molecule has 0 spiro atoms. The maximum Gasteiger partial charge on any atom is 0.0628 e. The van der Waals surface area contributed by atoms with E-state index in [9.17, 15) is 0 Å². The Morgan fingerprint density at radius 2 is 2.14 bits per heavy atom. The van der Waals surface area contributed by atoms with Crippen LogP contribution in [0.25, 0.3) is 10.4 Å². The van der Waals surface area contributed by atoms with Crippen LogP contribution in [0.15, 0.2) is 5.11 Å². The van der Waals surface area contributed by atoms with Crippen LogP contribution < -0.4 is 0 Å². The minimum atomic E-state index is 0.247. The lowest BCUT2D eigenvalue weighted by Gasteiger charge is -2.45. The summed E-state index contributed by atoms with van der Waals surface area (Å²) in [7, 11) is 0. The van der Waals surface area contributed by atoms with Gasteiger partial charge in [0.2, 0.25) is 0 Å². The van der Waals surface area contributed by atoms with Crippen molar-refractivity contribution in [1.82, 2.24) is 4.90 Å². The van der Waals surface area contributed by atoms with Crippen LogP contribution in [0.3, 0.4) is 0 Å². The summed E-state index contributed by atoms with van der Waals surface area (Å²) >= 11 is 0. The lowest BCUT2D eigenvalue weighted by atomic mass is 9.85. The van der Waals surface area contributed by atoms with E-state index in [0.717, 1.165) is 25.0 Å². The molecule has 1 saturated heterocycles. The Bertz CT molecular complexity index is 241. The summed E-state index contributed by atoms with van der Waals surface area (Å²) in [6, 6.07) is 1.01. The van der Waals surface area contributed by atoms with Gasteiger partial charge in [-0.2, -0.15) is 0 Å². The first-order chi connectivity index (χ1) is 6.79. The number of likely N-dealkylation sites (tertiary alicyclic amines) is 1. The van der Waals surface area contributed by atoms with Crippen LogP contribution in [0.4, 0.5) is 0 Å². The van der Waals surface area contributed by atoms with Gasteiger partial charge in [-0.15, -0.1) is 0 Å². The van der Waals surface area contributed by atoms with Crippen molar-refractivity contribution in [2.45, 2.75) is 44.7 Å². The van der Waals surface area contributed by atoms with Crippen LogP contribution in [0.1, 0.15) is 32.6 Å². The number of hydrogen-bond acceptors (Lipinski definition) is 2. The topological polar surface area (TPSA) is 52.0 Å². The normalized spacial score (nSPS) is 34.6. The minimum Gasteiger partial charge on any atom is -0.299 e. The van der Waals surface area contributed by atoms with Crippen molar-refractivity contribution in [2.75, 3.05) is 13.1 Å². The van der Waals surface area contributed by atoms with E-state index >= 15 is 0 Å². The molecule has 1 saturated carbocycles. The van der Waals surface area contributed by atoms with E-state index in [1.807, 2.05) is 0 Å². The predicted molar refractivity (Wildman–Crippen MR) is 55.9 cm³/mol. The SMILES string of the molecule is C[C@@H]1CCC[C@@H](N2CC(N=[N+]=[N-])C2)C1. The van der Waals surface area contributed by atoms with E-state index in [2.05, 4.69) is 21.8 Å². The molecule has 0 N–H and O–H groups in total. The van der Waals surface area contributed by atoms with Crippen molar-refractivity contribution in [3.63, 3.8) is 0 Å². The average molecular weight is 194 g/mol. The fraction of sp³-hybridized carbons (Fsp3) is 1.00. The molecule has 0 radical (unpaired) electrons. The van der Waals surface area contributed by atoms with Gasteiger partial charge in [0.25, 0.3) is 0 Å². The minimum absolute atomic E-state index is 0.247. The standard InChI is InChI=1S/C10H18N4/c1-8-3-2-4-10(5-8)14-6-9(7-14)12-13-11/h8-10H,2-7H2,1H3/t8-,10-/m1/s1. The summed E-state index contributed by atoms with van der Waals surface area (Å²) in [5.41, 5.74) is 8.28. The van der Waals surface area contributed by atoms with Crippen LogP contribution in [0.2, 0.25) is 0 Å². The van der Waals surface area contributed by atoms with Gasteiger partial charge in [0, 0.05) is 24.0 Å². The highest BCUT2D eigenvalue weighted by molar-refractivity contribution is 4.91. The molecule has 14 heavy (non-hydrogen) atoms. The van der Waals surface area contributed by atoms with Crippen LogP contribution in [0.5, 0.6) is 0 Å². The highest BCUT2D eigenvalue weighted by Gasteiger charge is 2.33. The van der Waals surface area contributed by atoms with Gasteiger partial charge in [0.15, 0.2) is 0 Å². The molecule has 2 fully saturated rings. The van der Waals surface area contributed by atoms with Crippen LogP contribution in [-0.2, 0) is 0 Å². The zero-order valence-corrected chi connectivity index (χ0v) is 8.76. The zero-order valence-electron chi connectivity index (χ0n) is 8.76. The Kier molecular flexibility index (Phi) is 2.94. The van der Waals surface area contributed by atoms with E-state index in [1.54, 1.807) is 0 Å². The monoisotopic (exact) mass is 194 g/mol. The maximum absolute atomic E-state index is 8.28. The molecule has 1 aliphatic carbocycles. The van der Waals surface area contributed by atoms with Gasteiger partial charge in [-0.3, -0.25) is 4.90 Å². The zero-order chi connectivity index (χ0) is 9.97. The van der Waals surface area contributed by atoms with Crippen molar-refractivity contribution >= 4 is 0 Å². The molecular formula is C10H18N4. The molecule has 0 aromatic carbocycles. The van der Waals surface area contributed by atoms with Gasteiger partial charge in [0.1, 0.15) is 0 Å². The van der Waals surface area contributed by atoms with E-state index < -0.39 is 0 Å². The van der Waals surface area contributed by atoms with Crippen molar-refractivity contribution in [3.05, 3.63) is 10.4 Å². The van der Waals surface area contributed by atoms with E-state index in [4.69, 9.17) is 5.53 Å². The highest BCUT2D eigenvalue weighted by atomic mass is 15.3. The van der Waals surface area contributed by atoms with Crippen molar-refractivity contribution in [2.24, 2.45) is 11.0 Å². The number of rotatable bonds is 2. The quantitative estimate of drug-likeness (QED) is 0.378. The van der Waals surface area contributed by atoms with E-state index in [0.29, 0.717) is 0 Å². The molecule has 2 atom stereocenters. The third kappa shape index (κ3) is 2.02. The lowest BCUT2D eigenvalue weighted by Crippen LogP contribution is -2.55. The molecule has 2 aliphatic rings. The Hall–Kier alpha value is -0.730. The number of azide groups is 1. The fourth-order valence-electron chi connectivity index (χ4n) is 2.67. The van der Waals surface area contributed by atoms with E-state index in [1.165, 1.54) is 25.7 Å². The second-order valence-electron chi connectivity index (χ2n) is 4.74. The first-order valence-corrected chi connectivity index (χ1v) is 5.58. The van der Waals surface area contributed by atoms with Gasteiger partial charge < -0.3 is 0 Å². The summed E-state index contributed by atoms with van der Waals surface area (Å²) < 4.78 is 0. The molecule has 4 nitrogen and oxygen atoms in total. The largest absolute Gasteiger partial charge is 0.299 e. The molecule has 1 aliphatic heterocycles. The molecule has 1 heterocycles. The summed E-state index contributed by atoms with van der Waals surface area (Å²) in [5.74, 6) is 0.882. The molecule has 4 heteroatoms. The second-order valence-corrected chi connectivity index (χ2v) is 4.74. The Morgan fingerprint density at radius 3 is 2.79 bits per heavy atom. The van der Waals surface area contributed by atoms with Gasteiger partial charge >= 0.3 is 0 Å². The Balaban J connectivity index is 1.78. The van der Waals surface area contributed by atoms with Crippen LogP contribution in [0, 0.1) is 5.92 Å². The van der Waals surface area contributed by atoms with Gasteiger partial charge in [-0.05, 0) is 24.3 Å². The van der Waals surface area contributed by atoms with Gasteiger partial charge in [-0.25, -0.2) is 0 Å². The second kappa shape index (κ2) is 4.20. The average Bonchev–Trinajstić information content (AvgIpc) is 2.10. The summed E-state index contributed by atoms with van der Waals surface area (Å²) in [4.78, 5) is 5.33. The van der Waals surface area contributed by atoms with Crippen molar-refractivity contribution in [1.29, 1.82) is 0 Å². The third-order valence-electron chi connectivity index (χ3n) is 3.53. The molecule has 0 amide bonds. The first kappa shape index (κ1) is 9.81. The Labute approximate surface area is 84.9 Å². The van der Waals surface area contributed by atoms with E-state index in [-0.39, 0.29) is 6.04 Å². The maximum atomic E-state index is 8.28. The summed E-state index contributed by atoms with van der Waals surface area (Å²) in [6.45, 7) is 4.32. The predicted octanol–water partition coefficient (Wildman–Crippen LogP) is 2.56. The Morgan fingerprint density at radius 1 is 1.36 bits per heavy atom. The smallest absolute Gasteiger partial charge is 0.0628 e. The molecular weight excluding hydrogens is 176 g/mol. The summed E-state index contributed by atoms with van der Waals surface area (Å²) in [5, 5.41) is 3.73. The number of hydrogen-bond donors (Lipinski definition) is 0. The van der Waals surface area contributed by atoms with Gasteiger partial charge in [-0.1, -0.05) is 24.9 Å². The van der Waals surface area contributed by atoms with Crippen LogP contribution >= 0.6 is 0 Å². The molecule has 0 unspecified atom stereocenters. The molecule has 78 valence electrons. The third-order valence-corrected chi connectivity index (χ3v) is 3.53. The van der Waals surface area contributed by atoms with Crippen molar-refractivity contribution < 1.29 is 0 Å². The first-order valence-electron chi connectivity index (χ1n) is 5.58. The molecule has 0 aromatic heterocycles.